The van der Waals surface area contributed by atoms with Gasteiger partial charge in [0.05, 0.1) is 5.92 Å². The predicted molar refractivity (Wildman–Crippen MR) is 123 cm³/mol. The van der Waals surface area contributed by atoms with Gasteiger partial charge in [0.2, 0.25) is 5.66 Å². The van der Waals surface area contributed by atoms with Crippen LogP contribution in [0.25, 0.3) is 0 Å². The topological polar surface area (TPSA) is 111 Å². The normalized spacial score (nSPS) is 18.1. The number of carbonyl (C=O) groups excluding carboxylic acids is 3. The maximum atomic E-state index is 13.1. The summed E-state index contributed by atoms with van der Waals surface area (Å²) in [4.78, 5) is 38.8. The molecule has 1 fully saturated rings. The Morgan fingerprint density at radius 1 is 0.875 bits per heavy atom. The zero-order valence-corrected chi connectivity index (χ0v) is 17.9. The molecule has 0 spiro atoms. The van der Waals surface area contributed by atoms with Crippen LogP contribution >= 0.6 is 0 Å². The monoisotopic (exact) mass is 431 g/mol. The summed E-state index contributed by atoms with van der Waals surface area (Å²) in [5.41, 5.74) is 2.25. The maximum Gasteiger partial charge on any atom is 0.321 e. The minimum atomic E-state index is -1.65. The number of amides is 5. The molecule has 5 N–H and O–H groups in total. The third kappa shape index (κ3) is 4.34. The number of benzene rings is 2. The third-order valence-corrected chi connectivity index (χ3v) is 5.54. The molecule has 5 amide bonds. The van der Waals surface area contributed by atoms with E-state index in [0.717, 1.165) is 11.1 Å². The number of hydrogen-bond donors (Lipinski definition) is 5. The molecule has 0 saturated carbocycles. The lowest BCUT2D eigenvalue weighted by molar-refractivity contribution is -0.125. The number of aryl methyl sites for hydroxylation is 2. The molecule has 1 aliphatic carbocycles. The highest BCUT2D eigenvalue weighted by Crippen LogP contribution is 2.34. The van der Waals surface area contributed by atoms with E-state index in [0.29, 0.717) is 23.5 Å². The van der Waals surface area contributed by atoms with Crippen LogP contribution in [-0.2, 0) is 4.79 Å². The molecule has 1 saturated heterocycles. The standard InChI is InChI=1S/C24H25N5O3/c1-15-7-11-17(12-8-15)25-22(31)28-24(19-5-3-4-6-20(19)27-21(24)30)29-23(32)26-18-13-9-16(2)10-14-18/h3-4,6-14,19H,5H2,1-2H3,(H,27,30)(H2,25,28,31)(H2,26,29,32). The average molecular weight is 431 g/mol. The SMILES string of the molecule is Cc1ccc(NC(=O)NC2(NC(=O)Nc3ccc(C)cc3)C(=O)NC3=CC=CCC32)cc1. The molecule has 8 nitrogen and oxygen atoms in total. The molecular formula is C24H25N5O3. The van der Waals surface area contributed by atoms with E-state index in [1.54, 1.807) is 30.3 Å². The Labute approximate surface area is 186 Å². The lowest BCUT2D eigenvalue weighted by atomic mass is 9.87. The number of carbonyl (C=O) groups is 3. The van der Waals surface area contributed by atoms with Gasteiger partial charge in [-0.05, 0) is 50.6 Å². The number of nitrogens with one attached hydrogen (secondary N) is 5. The Bertz CT molecular complexity index is 1040. The van der Waals surface area contributed by atoms with Crippen LogP contribution in [-0.4, -0.2) is 23.6 Å². The lowest BCUT2D eigenvalue weighted by Crippen LogP contribution is -2.69. The number of allylic oxidation sites excluding steroid dienone is 3. The van der Waals surface area contributed by atoms with Gasteiger partial charge in [0.1, 0.15) is 0 Å². The first-order valence-electron chi connectivity index (χ1n) is 10.4. The first kappa shape index (κ1) is 21.2. The van der Waals surface area contributed by atoms with E-state index < -0.39 is 29.6 Å². The molecule has 8 heteroatoms. The van der Waals surface area contributed by atoms with Crippen molar-refractivity contribution in [3.8, 4) is 0 Å². The minimum absolute atomic E-state index is 0.465. The smallest absolute Gasteiger partial charge is 0.321 e. The minimum Gasteiger partial charge on any atom is -0.326 e. The quantitative estimate of drug-likeness (QED) is 0.478. The molecule has 1 atom stereocenters. The van der Waals surface area contributed by atoms with Gasteiger partial charge in [0.15, 0.2) is 0 Å². The van der Waals surface area contributed by atoms with Gasteiger partial charge in [0.25, 0.3) is 5.91 Å². The summed E-state index contributed by atoms with van der Waals surface area (Å²) in [5.74, 6) is -0.969. The first-order valence-corrected chi connectivity index (χ1v) is 10.4. The summed E-state index contributed by atoms with van der Waals surface area (Å²) in [7, 11) is 0. The van der Waals surface area contributed by atoms with Crippen molar-refractivity contribution < 1.29 is 14.4 Å². The highest BCUT2D eigenvalue weighted by molar-refractivity contribution is 6.02. The molecule has 2 aromatic rings. The second-order valence-electron chi connectivity index (χ2n) is 7.99. The predicted octanol–water partition coefficient (Wildman–Crippen LogP) is 3.53. The van der Waals surface area contributed by atoms with E-state index in [1.165, 1.54) is 0 Å². The molecule has 1 unspecified atom stereocenters. The van der Waals surface area contributed by atoms with Crippen molar-refractivity contribution in [3.05, 3.63) is 83.6 Å². The van der Waals surface area contributed by atoms with Crippen LogP contribution < -0.4 is 26.6 Å². The summed E-state index contributed by atoms with van der Waals surface area (Å²) in [6, 6.07) is 13.3. The van der Waals surface area contributed by atoms with Crippen molar-refractivity contribution in [2.75, 3.05) is 10.6 Å². The van der Waals surface area contributed by atoms with Gasteiger partial charge < -0.3 is 26.6 Å². The fourth-order valence-corrected chi connectivity index (χ4v) is 3.83. The second kappa shape index (κ2) is 8.58. The summed E-state index contributed by atoms with van der Waals surface area (Å²) >= 11 is 0. The molecule has 2 aromatic carbocycles. The Hall–Kier alpha value is -4.07. The lowest BCUT2D eigenvalue weighted by Gasteiger charge is -2.34. The maximum absolute atomic E-state index is 13.1. The van der Waals surface area contributed by atoms with E-state index in [-0.39, 0.29) is 0 Å². The fraction of sp³-hybridized carbons (Fsp3) is 0.208. The van der Waals surface area contributed by atoms with Gasteiger partial charge in [-0.1, -0.05) is 47.5 Å². The van der Waals surface area contributed by atoms with Gasteiger partial charge in [-0.2, -0.15) is 0 Å². The molecule has 164 valence electrons. The van der Waals surface area contributed by atoms with Gasteiger partial charge >= 0.3 is 12.1 Å². The van der Waals surface area contributed by atoms with Crippen molar-refractivity contribution >= 4 is 29.3 Å². The molecule has 1 heterocycles. The van der Waals surface area contributed by atoms with Crippen LogP contribution in [0, 0.1) is 19.8 Å². The zero-order chi connectivity index (χ0) is 22.7. The Morgan fingerprint density at radius 3 is 1.88 bits per heavy atom. The van der Waals surface area contributed by atoms with Crippen molar-refractivity contribution in [1.82, 2.24) is 16.0 Å². The van der Waals surface area contributed by atoms with Crippen molar-refractivity contribution in [1.29, 1.82) is 0 Å². The fourth-order valence-electron chi connectivity index (χ4n) is 3.83. The van der Waals surface area contributed by atoms with Gasteiger partial charge in [-0.25, -0.2) is 9.59 Å². The number of urea groups is 2. The average Bonchev–Trinajstić information content (AvgIpc) is 3.02. The van der Waals surface area contributed by atoms with E-state index in [1.807, 2.05) is 50.3 Å². The molecular weight excluding hydrogens is 406 g/mol. The Morgan fingerprint density at radius 2 is 1.38 bits per heavy atom. The van der Waals surface area contributed by atoms with Crippen molar-refractivity contribution in [2.24, 2.45) is 5.92 Å². The van der Waals surface area contributed by atoms with Gasteiger partial charge in [-0.15, -0.1) is 0 Å². The number of fused-ring (bicyclic) bond motifs is 1. The molecule has 0 bridgehead atoms. The molecule has 2 aliphatic rings. The second-order valence-corrected chi connectivity index (χ2v) is 7.99. The van der Waals surface area contributed by atoms with Crippen LogP contribution in [0.3, 0.4) is 0 Å². The van der Waals surface area contributed by atoms with E-state index in [2.05, 4.69) is 26.6 Å². The Balaban J connectivity index is 1.56. The first-order chi connectivity index (χ1) is 15.4. The van der Waals surface area contributed by atoms with Crippen LogP contribution in [0.1, 0.15) is 17.5 Å². The zero-order valence-electron chi connectivity index (χ0n) is 17.9. The number of rotatable bonds is 4. The molecule has 0 radical (unpaired) electrons. The van der Waals surface area contributed by atoms with E-state index >= 15 is 0 Å². The molecule has 32 heavy (non-hydrogen) atoms. The largest absolute Gasteiger partial charge is 0.326 e. The van der Waals surface area contributed by atoms with Crippen molar-refractivity contribution in [2.45, 2.75) is 25.9 Å². The summed E-state index contributed by atoms with van der Waals surface area (Å²) in [6.45, 7) is 3.89. The summed E-state index contributed by atoms with van der Waals surface area (Å²) in [5, 5.41) is 13.7. The van der Waals surface area contributed by atoms with Crippen LogP contribution in [0.5, 0.6) is 0 Å². The molecule has 0 aromatic heterocycles. The summed E-state index contributed by atoms with van der Waals surface area (Å²) in [6.07, 6.45) is 5.97. The number of hydrogen-bond acceptors (Lipinski definition) is 3. The third-order valence-electron chi connectivity index (χ3n) is 5.54. The van der Waals surface area contributed by atoms with Crippen LogP contribution in [0.15, 0.2) is 72.5 Å². The van der Waals surface area contributed by atoms with Gasteiger partial charge in [-0.3, -0.25) is 4.79 Å². The highest BCUT2D eigenvalue weighted by Gasteiger charge is 2.55. The highest BCUT2D eigenvalue weighted by atomic mass is 16.2. The van der Waals surface area contributed by atoms with Crippen LogP contribution in [0.4, 0.5) is 21.0 Å². The van der Waals surface area contributed by atoms with Crippen LogP contribution in [0.2, 0.25) is 0 Å². The van der Waals surface area contributed by atoms with E-state index in [9.17, 15) is 14.4 Å². The molecule has 1 aliphatic heterocycles. The number of anilines is 2. The summed E-state index contributed by atoms with van der Waals surface area (Å²) < 4.78 is 0. The molecule has 4 rings (SSSR count). The van der Waals surface area contributed by atoms with Gasteiger partial charge in [0, 0.05) is 17.1 Å². The van der Waals surface area contributed by atoms with E-state index in [4.69, 9.17) is 0 Å². The Kier molecular flexibility index (Phi) is 5.68. The van der Waals surface area contributed by atoms with Crippen molar-refractivity contribution in [3.63, 3.8) is 0 Å².